The number of amides is 4. The maximum atomic E-state index is 13.5. The summed E-state index contributed by atoms with van der Waals surface area (Å²) in [5, 5.41) is 8.11. The lowest BCUT2D eigenvalue weighted by Gasteiger charge is -2.34. The van der Waals surface area contributed by atoms with Gasteiger partial charge in [0, 0.05) is 93.2 Å². The SMILES string of the molecule is Nc1ncnc2c1c(-c1ccc(Oc3ccccc3)cc1)nn2C1CCCN(C(=O)/C=C/CN2CCN(CCSc3cccc4c3CN(C3CCC(=O)NC3=O)C4=O)CC2)C1. The second-order valence-electron chi connectivity index (χ2n) is 15.8. The van der Waals surface area contributed by atoms with Crippen LogP contribution < -0.4 is 15.8 Å². The third-order valence-corrected chi connectivity index (χ3v) is 13.1. The van der Waals surface area contributed by atoms with Crippen LogP contribution >= 0.6 is 11.8 Å². The van der Waals surface area contributed by atoms with E-state index in [-0.39, 0.29) is 30.2 Å². The van der Waals surface area contributed by atoms with Crippen LogP contribution in [0.2, 0.25) is 0 Å². The number of imide groups is 1. The van der Waals surface area contributed by atoms with Crippen molar-refractivity contribution in [1.29, 1.82) is 0 Å². The lowest BCUT2D eigenvalue weighted by Crippen LogP contribution is -2.52. The number of nitrogens with one attached hydrogen (secondary N) is 1. The molecule has 2 aromatic heterocycles. The maximum absolute atomic E-state index is 13.5. The summed E-state index contributed by atoms with van der Waals surface area (Å²) in [6.07, 6.45) is 7.45. The number of carbonyl (C=O) groups is 4. The molecule has 16 heteroatoms. The molecule has 2 unspecified atom stereocenters. The molecule has 6 heterocycles. The third kappa shape index (κ3) is 8.74. The van der Waals surface area contributed by atoms with Crippen LogP contribution in [-0.4, -0.2) is 127 Å². The van der Waals surface area contributed by atoms with E-state index >= 15 is 0 Å². The van der Waals surface area contributed by atoms with Gasteiger partial charge in [0.2, 0.25) is 17.7 Å². The first-order chi connectivity index (χ1) is 29.8. The molecule has 61 heavy (non-hydrogen) atoms. The van der Waals surface area contributed by atoms with Gasteiger partial charge >= 0.3 is 0 Å². The molecular weight excluding hydrogens is 793 g/mol. The van der Waals surface area contributed by atoms with Crippen LogP contribution in [-0.2, 0) is 20.9 Å². The first kappa shape index (κ1) is 40.3. The highest BCUT2D eigenvalue weighted by Crippen LogP contribution is 2.36. The highest BCUT2D eigenvalue weighted by atomic mass is 32.2. The summed E-state index contributed by atoms with van der Waals surface area (Å²) in [5.41, 5.74) is 10.2. The van der Waals surface area contributed by atoms with Gasteiger partial charge in [-0.2, -0.15) is 5.10 Å². The lowest BCUT2D eigenvalue weighted by atomic mass is 10.0. The van der Waals surface area contributed by atoms with Gasteiger partial charge in [0.05, 0.1) is 11.4 Å². The van der Waals surface area contributed by atoms with Crippen molar-refractivity contribution in [2.24, 2.45) is 0 Å². The Morgan fingerprint density at radius 3 is 2.49 bits per heavy atom. The van der Waals surface area contributed by atoms with Gasteiger partial charge in [-0.1, -0.05) is 30.3 Å². The number of thioether (sulfide) groups is 1. The Morgan fingerprint density at radius 1 is 0.902 bits per heavy atom. The predicted molar refractivity (Wildman–Crippen MR) is 232 cm³/mol. The number of ether oxygens (including phenoxy) is 1. The minimum Gasteiger partial charge on any atom is -0.457 e. The molecule has 3 aromatic carbocycles. The van der Waals surface area contributed by atoms with Gasteiger partial charge in [-0.05, 0) is 73.4 Å². The number of nitrogens with zero attached hydrogens (tertiary/aromatic N) is 8. The summed E-state index contributed by atoms with van der Waals surface area (Å²) in [7, 11) is 0. The summed E-state index contributed by atoms with van der Waals surface area (Å²) in [6.45, 7) is 6.89. The molecule has 4 aliphatic rings. The Kier molecular flexibility index (Phi) is 11.8. The molecule has 0 spiro atoms. The average molecular weight is 841 g/mol. The number of para-hydroxylation sites is 1. The number of piperazine rings is 1. The van der Waals surface area contributed by atoms with E-state index in [0.717, 1.165) is 73.1 Å². The quantitative estimate of drug-likeness (QED) is 0.100. The molecule has 0 bridgehead atoms. The molecule has 4 amide bonds. The highest BCUT2D eigenvalue weighted by Gasteiger charge is 2.40. The number of benzene rings is 3. The second-order valence-corrected chi connectivity index (χ2v) is 17.0. The summed E-state index contributed by atoms with van der Waals surface area (Å²) in [5.74, 6) is 1.87. The number of rotatable bonds is 12. The van der Waals surface area contributed by atoms with Crippen LogP contribution in [0.15, 0.2) is 96.2 Å². The van der Waals surface area contributed by atoms with Crippen molar-refractivity contribution < 1.29 is 23.9 Å². The van der Waals surface area contributed by atoms with E-state index in [0.29, 0.717) is 66.5 Å². The van der Waals surface area contributed by atoms with Gasteiger partial charge in [-0.15, -0.1) is 11.8 Å². The van der Waals surface area contributed by atoms with E-state index in [1.165, 1.54) is 6.33 Å². The number of likely N-dealkylation sites (tertiary alicyclic amines) is 1. The molecule has 0 radical (unpaired) electrons. The number of nitrogens with two attached hydrogens (primary N) is 1. The highest BCUT2D eigenvalue weighted by molar-refractivity contribution is 7.99. The van der Waals surface area contributed by atoms with Crippen molar-refractivity contribution in [2.75, 3.05) is 63.8 Å². The Labute approximate surface area is 357 Å². The Hall–Kier alpha value is -6.10. The van der Waals surface area contributed by atoms with Crippen molar-refractivity contribution in [2.45, 2.75) is 49.2 Å². The van der Waals surface area contributed by atoms with E-state index in [2.05, 4.69) is 25.1 Å². The van der Waals surface area contributed by atoms with Crippen LogP contribution in [0.1, 0.15) is 47.6 Å². The molecule has 0 saturated carbocycles. The van der Waals surface area contributed by atoms with Crippen molar-refractivity contribution in [1.82, 2.24) is 44.7 Å². The summed E-state index contributed by atoms with van der Waals surface area (Å²) in [6, 6.07) is 22.5. The Balaban J connectivity index is 0.751. The summed E-state index contributed by atoms with van der Waals surface area (Å²) >= 11 is 1.74. The number of aromatic nitrogens is 4. The van der Waals surface area contributed by atoms with Crippen LogP contribution in [0, 0.1) is 0 Å². The fourth-order valence-corrected chi connectivity index (χ4v) is 9.79. The molecule has 15 nitrogen and oxygen atoms in total. The Morgan fingerprint density at radius 2 is 1.69 bits per heavy atom. The zero-order chi connectivity index (χ0) is 41.9. The smallest absolute Gasteiger partial charge is 0.255 e. The number of piperidine rings is 2. The monoisotopic (exact) mass is 840 g/mol. The number of anilines is 1. The van der Waals surface area contributed by atoms with Crippen LogP contribution in [0.25, 0.3) is 22.3 Å². The normalized spacial score (nSPS) is 20.1. The number of nitrogen functional groups attached to an aromatic ring is 1. The maximum Gasteiger partial charge on any atom is 0.255 e. The molecule has 2 atom stereocenters. The molecule has 0 aliphatic carbocycles. The predicted octanol–water partition coefficient (Wildman–Crippen LogP) is 4.76. The van der Waals surface area contributed by atoms with Crippen LogP contribution in [0.4, 0.5) is 5.82 Å². The molecule has 3 fully saturated rings. The molecule has 5 aromatic rings. The van der Waals surface area contributed by atoms with E-state index in [4.69, 9.17) is 15.6 Å². The van der Waals surface area contributed by atoms with Crippen molar-refractivity contribution in [3.63, 3.8) is 0 Å². The number of hydrogen-bond acceptors (Lipinski definition) is 12. The number of fused-ring (bicyclic) bond motifs is 2. The van der Waals surface area contributed by atoms with Crippen LogP contribution in [0.5, 0.6) is 11.5 Å². The topological polar surface area (TPSA) is 172 Å². The molecular formula is C45H48N10O5S. The molecule has 9 rings (SSSR count). The van der Waals surface area contributed by atoms with Crippen molar-refractivity contribution >= 4 is 52.2 Å². The van der Waals surface area contributed by atoms with Crippen LogP contribution in [0.3, 0.4) is 0 Å². The van der Waals surface area contributed by atoms with Gasteiger partial charge in [-0.25, -0.2) is 14.6 Å². The minimum atomic E-state index is -0.617. The van der Waals surface area contributed by atoms with Gasteiger partial charge < -0.3 is 20.3 Å². The van der Waals surface area contributed by atoms with Crippen molar-refractivity contribution in [3.8, 4) is 22.8 Å². The van der Waals surface area contributed by atoms with E-state index in [1.807, 2.05) is 88.5 Å². The molecule has 3 saturated heterocycles. The number of hydrogen-bond donors (Lipinski definition) is 2. The zero-order valence-corrected chi connectivity index (χ0v) is 34.6. The largest absolute Gasteiger partial charge is 0.457 e. The standard InChI is InChI=1S/C45H48N10O5S/c46-42-40-41(30-13-15-33(16-14-30)60-32-8-2-1-3-9-32)50-55(43(40)48-29-47-42)31-7-5-20-53(27-31)39(57)12-6-19-51-21-23-52(24-22-51)25-26-61-37-11-4-10-34-35(37)28-54(45(34)59)36-17-18-38(56)49-44(36)58/h1-4,6,8-16,29,31,36H,5,7,17-28H2,(H2,46,47,48)(H,49,56,58)/b12-6+. The first-order valence-corrected chi connectivity index (χ1v) is 21.9. The van der Waals surface area contributed by atoms with Gasteiger partial charge in [-0.3, -0.25) is 34.3 Å². The summed E-state index contributed by atoms with van der Waals surface area (Å²) < 4.78 is 7.91. The van der Waals surface area contributed by atoms with E-state index in [1.54, 1.807) is 22.7 Å². The molecule has 314 valence electrons. The summed E-state index contributed by atoms with van der Waals surface area (Å²) in [4.78, 5) is 69.1. The average Bonchev–Trinajstić information content (AvgIpc) is 3.84. The zero-order valence-electron chi connectivity index (χ0n) is 33.8. The van der Waals surface area contributed by atoms with E-state index in [9.17, 15) is 19.2 Å². The lowest BCUT2D eigenvalue weighted by molar-refractivity contribution is -0.137. The van der Waals surface area contributed by atoms with Crippen molar-refractivity contribution in [3.05, 3.63) is 102 Å². The van der Waals surface area contributed by atoms with E-state index < -0.39 is 11.9 Å². The minimum absolute atomic E-state index is 0.00508. The Bertz CT molecular complexity index is 2470. The fraction of sp³-hybridized carbons (Fsp3) is 0.356. The number of carbonyl (C=O) groups excluding carboxylic acids is 4. The van der Waals surface area contributed by atoms with Gasteiger partial charge in [0.25, 0.3) is 5.91 Å². The fourth-order valence-electron chi connectivity index (χ4n) is 8.69. The third-order valence-electron chi connectivity index (χ3n) is 12.0. The van der Waals surface area contributed by atoms with Gasteiger partial charge in [0.1, 0.15) is 35.4 Å². The van der Waals surface area contributed by atoms with Gasteiger partial charge in [0.15, 0.2) is 5.65 Å². The molecule has 4 aliphatic heterocycles. The second kappa shape index (κ2) is 17.9. The first-order valence-electron chi connectivity index (χ1n) is 20.9. The molecule has 3 N–H and O–H groups in total.